The van der Waals surface area contributed by atoms with Crippen molar-refractivity contribution in [3.63, 3.8) is 0 Å². The molecule has 1 fully saturated rings. The summed E-state index contributed by atoms with van der Waals surface area (Å²) in [6.07, 6.45) is 1.05. The van der Waals surface area contributed by atoms with E-state index >= 15 is 0 Å². The molecule has 1 aliphatic rings. The summed E-state index contributed by atoms with van der Waals surface area (Å²) < 4.78 is 36.6. The van der Waals surface area contributed by atoms with Crippen LogP contribution in [0, 0.1) is 0 Å². The molecule has 3 rings (SSSR count). The van der Waals surface area contributed by atoms with Crippen LogP contribution in [0.25, 0.3) is 0 Å². The molecule has 10 heteroatoms. The number of benzene rings is 2. The average molecular weight is 476 g/mol. The molecular weight excluding hydrogens is 446 g/mol. The Labute approximate surface area is 194 Å². The lowest BCUT2D eigenvalue weighted by Crippen LogP contribution is -2.41. The van der Waals surface area contributed by atoms with Crippen LogP contribution in [0.5, 0.6) is 5.75 Å². The maximum absolute atomic E-state index is 12.9. The average Bonchev–Trinajstić information content (AvgIpc) is 2.82. The fourth-order valence-electron chi connectivity index (χ4n) is 3.54. The first-order valence-corrected chi connectivity index (χ1v) is 12.4. The van der Waals surface area contributed by atoms with E-state index in [2.05, 4.69) is 0 Å². The summed E-state index contributed by atoms with van der Waals surface area (Å²) in [5, 5.41) is 0. The second kappa shape index (κ2) is 10.7. The van der Waals surface area contributed by atoms with Crippen molar-refractivity contribution in [2.24, 2.45) is 0 Å². The zero-order valence-corrected chi connectivity index (χ0v) is 19.9. The number of nitrogens with zero attached hydrogens (tertiary/aromatic N) is 3. The van der Waals surface area contributed by atoms with Gasteiger partial charge in [-0.15, -0.1) is 0 Å². The highest BCUT2D eigenvalue weighted by Gasteiger charge is 2.24. The number of sulfonamides is 1. The van der Waals surface area contributed by atoms with E-state index < -0.39 is 10.0 Å². The minimum Gasteiger partial charge on any atom is -0.496 e. The van der Waals surface area contributed by atoms with E-state index in [0.717, 1.165) is 16.1 Å². The Morgan fingerprint density at radius 3 is 2.30 bits per heavy atom. The van der Waals surface area contributed by atoms with E-state index in [4.69, 9.17) is 9.47 Å². The van der Waals surface area contributed by atoms with Crippen LogP contribution in [0.3, 0.4) is 0 Å². The van der Waals surface area contributed by atoms with Crippen LogP contribution in [0.1, 0.15) is 15.9 Å². The first-order chi connectivity index (χ1) is 15.7. The van der Waals surface area contributed by atoms with E-state index in [9.17, 15) is 18.0 Å². The molecule has 1 aliphatic heterocycles. The predicted octanol–water partition coefficient (Wildman–Crippen LogP) is 1.59. The number of ether oxygens (including phenoxy) is 2. The third-order valence-corrected chi connectivity index (χ3v) is 6.55. The van der Waals surface area contributed by atoms with Crippen molar-refractivity contribution in [3.05, 3.63) is 59.7 Å². The molecule has 0 aliphatic carbocycles. The molecule has 2 aromatic rings. The van der Waals surface area contributed by atoms with Gasteiger partial charge in [0, 0.05) is 37.8 Å². The lowest BCUT2D eigenvalue weighted by molar-refractivity contribution is -0.128. The summed E-state index contributed by atoms with van der Waals surface area (Å²) in [6.45, 7) is 1.94. The van der Waals surface area contributed by atoms with Gasteiger partial charge in [-0.2, -0.15) is 0 Å². The maximum Gasteiger partial charge on any atom is 0.254 e. The van der Waals surface area contributed by atoms with Gasteiger partial charge in [-0.25, -0.2) is 8.42 Å². The van der Waals surface area contributed by atoms with Crippen LogP contribution >= 0.6 is 0 Å². The molecule has 0 radical (unpaired) electrons. The van der Waals surface area contributed by atoms with E-state index in [1.807, 2.05) is 18.2 Å². The Hall–Kier alpha value is -3.11. The highest BCUT2D eigenvalue weighted by Crippen LogP contribution is 2.21. The topological polar surface area (TPSA) is 96.5 Å². The maximum atomic E-state index is 12.9. The van der Waals surface area contributed by atoms with Gasteiger partial charge in [0.05, 0.1) is 32.3 Å². The van der Waals surface area contributed by atoms with Gasteiger partial charge >= 0.3 is 0 Å². The second-order valence-electron chi connectivity index (χ2n) is 7.78. The number of para-hydroxylation sites is 1. The number of morpholine rings is 1. The number of hydrogen-bond acceptors (Lipinski definition) is 6. The van der Waals surface area contributed by atoms with Crippen molar-refractivity contribution in [2.45, 2.75) is 6.54 Å². The van der Waals surface area contributed by atoms with Crippen molar-refractivity contribution < 1.29 is 27.5 Å². The fourth-order valence-corrected chi connectivity index (χ4v) is 4.39. The number of methoxy groups -OCH3 is 1. The van der Waals surface area contributed by atoms with Gasteiger partial charge in [-0.05, 0) is 30.3 Å². The molecule has 0 atom stereocenters. The summed E-state index contributed by atoms with van der Waals surface area (Å²) in [6, 6.07) is 13.6. The smallest absolute Gasteiger partial charge is 0.254 e. The van der Waals surface area contributed by atoms with Crippen molar-refractivity contribution in [3.8, 4) is 5.75 Å². The van der Waals surface area contributed by atoms with Crippen LogP contribution in [0.15, 0.2) is 48.5 Å². The monoisotopic (exact) mass is 475 g/mol. The van der Waals surface area contributed by atoms with Gasteiger partial charge in [0.2, 0.25) is 15.9 Å². The number of carbonyl (C=O) groups excluding carboxylic acids is 2. The molecule has 2 aromatic carbocycles. The lowest BCUT2D eigenvalue weighted by Gasteiger charge is -2.27. The molecule has 0 saturated carbocycles. The Morgan fingerprint density at radius 1 is 1.06 bits per heavy atom. The summed E-state index contributed by atoms with van der Waals surface area (Å²) in [5.41, 5.74) is 1.58. The minimum absolute atomic E-state index is 0.136. The third-order valence-electron chi connectivity index (χ3n) is 5.41. The van der Waals surface area contributed by atoms with Gasteiger partial charge in [-0.1, -0.05) is 18.2 Å². The summed E-state index contributed by atoms with van der Waals surface area (Å²) in [4.78, 5) is 28.7. The summed E-state index contributed by atoms with van der Waals surface area (Å²) >= 11 is 0. The van der Waals surface area contributed by atoms with E-state index in [1.165, 1.54) is 4.90 Å². The lowest BCUT2D eigenvalue weighted by atomic mass is 10.1. The highest BCUT2D eigenvalue weighted by atomic mass is 32.2. The molecule has 0 bridgehead atoms. The van der Waals surface area contributed by atoms with Crippen molar-refractivity contribution in [1.29, 1.82) is 0 Å². The minimum atomic E-state index is -3.74. The number of carbonyl (C=O) groups is 2. The standard InChI is InChI=1S/C23H29N3O6S/c1-24(16-19-6-4-5-7-21(19)31-2)22(27)17-26(33(3,29)30)20-10-8-18(9-11-20)23(28)25-12-14-32-15-13-25/h4-11H,12-17H2,1-3H3. The van der Waals surface area contributed by atoms with Gasteiger partial charge in [0.1, 0.15) is 12.3 Å². The Morgan fingerprint density at radius 2 is 1.70 bits per heavy atom. The summed E-state index contributed by atoms with van der Waals surface area (Å²) in [7, 11) is -0.571. The van der Waals surface area contributed by atoms with Crippen LogP contribution in [-0.2, 0) is 26.1 Å². The fraction of sp³-hybridized carbons (Fsp3) is 0.391. The molecular formula is C23H29N3O6S. The van der Waals surface area contributed by atoms with Crippen LogP contribution < -0.4 is 9.04 Å². The number of amides is 2. The second-order valence-corrected chi connectivity index (χ2v) is 9.69. The molecule has 0 aromatic heterocycles. The summed E-state index contributed by atoms with van der Waals surface area (Å²) in [5.74, 6) is 0.140. The van der Waals surface area contributed by atoms with Gasteiger partial charge in [0.15, 0.2) is 0 Å². The third kappa shape index (κ3) is 6.23. The van der Waals surface area contributed by atoms with Gasteiger partial charge in [-0.3, -0.25) is 13.9 Å². The van der Waals surface area contributed by atoms with Crippen molar-refractivity contribution in [1.82, 2.24) is 9.80 Å². The molecule has 178 valence electrons. The molecule has 33 heavy (non-hydrogen) atoms. The number of anilines is 1. The highest BCUT2D eigenvalue weighted by molar-refractivity contribution is 7.92. The van der Waals surface area contributed by atoms with Crippen molar-refractivity contribution in [2.75, 3.05) is 57.6 Å². The number of hydrogen-bond donors (Lipinski definition) is 0. The van der Waals surface area contributed by atoms with Crippen LogP contribution in [0.2, 0.25) is 0 Å². The Bertz CT molecular complexity index is 1080. The van der Waals surface area contributed by atoms with Crippen LogP contribution in [0.4, 0.5) is 5.69 Å². The molecule has 1 saturated heterocycles. The quantitative estimate of drug-likeness (QED) is 0.575. The Kier molecular flexibility index (Phi) is 7.93. The van der Waals surface area contributed by atoms with Crippen molar-refractivity contribution >= 4 is 27.5 Å². The molecule has 0 N–H and O–H groups in total. The van der Waals surface area contributed by atoms with Crippen LogP contribution in [-0.4, -0.2) is 83.3 Å². The predicted molar refractivity (Wildman–Crippen MR) is 125 cm³/mol. The first kappa shape index (κ1) is 24.5. The normalized spacial score (nSPS) is 14.0. The molecule has 1 heterocycles. The van der Waals surface area contributed by atoms with E-state index in [1.54, 1.807) is 49.4 Å². The number of likely N-dealkylation sites (N-methyl/N-ethyl adjacent to an activating group) is 1. The van der Waals surface area contributed by atoms with E-state index in [0.29, 0.717) is 43.3 Å². The van der Waals surface area contributed by atoms with E-state index in [-0.39, 0.29) is 24.9 Å². The largest absolute Gasteiger partial charge is 0.496 e. The SMILES string of the molecule is COc1ccccc1CN(C)C(=O)CN(c1ccc(C(=O)N2CCOCC2)cc1)S(C)(=O)=O. The Balaban J connectivity index is 1.73. The zero-order chi connectivity index (χ0) is 24.0. The molecule has 9 nitrogen and oxygen atoms in total. The zero-order valence-electron chi connectivity index (χ0n) is 19.1. The van der Waals surface area contributed by atoms with Gasteiger partial charge < -0.3 is 19.3 Å². The first-order valence-electron chi connectivity index (χ1n) is 10.5. The molecule has 2 amide bonds. The molecule has 0 unspecified atom stereocenters. The number of rotatable bonds is 8. The van der Waals surface area contributed by atoms with Gasteiger partial charge in [0.25, 0.3) is 5.91 Å². The molecule has 0 spiro atoms.